The van der Waals surface area contributed by atoms with Crippen LogP contribution in [0, 0.1) is 12.7 Å². The van der Waals surface area contributed by atoms with Crippen molar-refractivity contribution >= 4 is 21.9 Å². The molecular formula is C14H12BrFN2O2. The molecule has 1 aromatic heterocycles. The minimum atomic E-state index is -0.618. The van der Waals surface area contributed by atoms with E-state index < -0.39 is 11.8 Å². The zero-order valence-electron chi connectivity index (χ0n) is 11.0. The van der Waals surface area contributed by atoms with Gasteiger partial charge in [0.05, 0.1) is 12.3 Å². The Hall–Kier alpha value is -1.82. The maximum atomic E-state index is 13.9. The predicted octanol–water partition coefficient (Wildman–Crippen LogP) is 3.53. The van der Waals surface area contributed by atoms with Gasteiger partial charge in [0.15, 0.2) is 0 Å². The quantitative estimate of drug-likeness (QED) is 0.803. The summed E-state index contributed by atoms with van der Waals surface area (Å²) in [4.78, 5) is 19.8. The van der Waals surface area contributed by atoms with E-state index in [9.17, 15) is 9.18 Å². The molecule has 1 heterocycles. The molecule has 0 amide bonds. The first kappa shape index (κ1) is 14.6. The summed E-state index contributed by atoms with van der Waals surface area (Å²) >= 11 is 3.28. The fraction of sp³-hybridized carbons (Fsp3) is 0.214. The molecule has 0 spiro atoms. The Morgan fingerprint density at radius 3 is 2.80 bits per heavy atom. The average molecular weight is 339 g/mol. The molecule has 0 N–H and O–H groups in total. The Morgan fingerprint density at radius 2 is 2.10 bits per heavy atom. The van der Waals surface area contributed by atoms with Crippen LogP contribution in [-0.2, 0) is 4.74 Å². The lowest BCUT2D eigenvalue weighted by atomic mass is 10.1. The molecule has 1 aromatic carbocycles. The van der Waals surface area contributed by atoms with Gasteiger partial charge in [-0.05, 0) is 38.1 Å². The van der Waals surface area contributed by atoms with E-state index in [2.05, 4.69) is 25.9 Å². The molecule has 0 aliphatic carbocycles. The second-order valence-electron chi connectivity index (χ2n) is 4.06. The Bertz CT molecular complexity index is 662. The van der Waals surface area contributed by atoms with Gasteiger partial charge in [-0.1, -0.05) is 15.9 Å². The van der Waals surface area contributed by atoms with Crippen LogP contribution in [0.1, 0.15) is 23.2 Å². The minimum absolute atomic E-state index is 0.0683. The highest BCUT2D eigenvalue weighted by Gasteiger charge is 2.15. The van der Waals surface area contributed by atoms with E-state index in [1.165, 1.54) is 6.07 Å². The van der Waals surface area contributed by atoms with E-state index in [0.29, 0.717) is 17.0 Å². The van der Waals surface area contributed by atoms with Crippen molar-refractivity contribution in [2.45, 2.75) is 13.8 Å². The molecular weight excluding hydrogens is 327 g/mol. The zero-order valence-corrected chi connectivity index (χ0v) is 12.6. The summed E-state index contributed by atoms with van der Waals surface area (Å²) in [6.07, 6.45) is 0. The van der Waals surface area contributed by atoms with Gasteiger partial charge in [-0.25, -0.2) is 19.2 Å². The molecule has 0 unspecified atom stereocenters. The Kier molecular flexibility index (Phi) is 4.44. The van der Waals surface area contributed by atoms with Crippen molar-refractivity contribution in [3.8, 4) is 11.3 Å². The number of aromatic nitrogens is 2. The van der Waals surface area contributed by atoms with Gasteiger partial charge in [-0.15, -0.1) is 0 Å². The number of benzene rings is 1. The lowest BCUT2D eigenvalue weighted by Gasteiger charge is -2.07. The van der Waals surface area contributed by atoms with Crippen molar-refractivity contribution in [2.24, 2.45) is 0 Å². The Morgan fingerprint density at radius 1 is 1.35 bits per heavy atom. The summed E-state index contributed by atoms with van der Waals surface area (Å²) in [5, 5.41) is 0. The van der Waals surface area contributed by atoms with Gasteiger partial charge in [0, 0.05) is 15.7 Å². The highest BCUT2D eigenvalue weighted by Crippen LogP contribution is 2.25. The molecule has 0 atom stereocenters. The fourth-order valence-electron chi connectivity index (χ4n) is 1.69. The second-order valence-corrected chi connectivity index (χ2v) is 4.98. The third-order valence-corrected chi connectivity index (χ3v) is 3.01. The highest BCUT2D eigenvalue weighted by atomic mass is 79.9. The van der Waals surface area contributed by atoms with Crippen molar-refractivity contribution in [1.82, 2.24) is 9.97 Å². The van der Waals surface area contributed by atoms with E-state index in [4.69, 9.17) is 4.74 Å². The Labute approximate surface area is 124 Å². The molecule has 0 saturated heterocycles. The average Bonchev–Trinajstić information content (AvgIpc) is 2.41. The van der Waals surface area contributed by atoms with Gasteiger partial charge < -0.3 is 4.74 Å². The van der Waals surface area contributed by atoms with Gasteiger partial charge in [0.2, 0.25) is 5.82 Å². The highest BCUT2D eigenvalue weighted by molar-refractivity contribution is 9.10. The smallest absolute Gasteiger partial charge is 0.376 e. The largest absolute Gasteiger partial charge is 0.460 e. The maximum absolute atomic E-state index is 13.9. The van der Waals surface area contributed by atoms with Crippen LogP contribution in [-0.4, -0.2) is 22.5 Å². The van der Waals surface area contributed by atoms with Gasteiger partial charge in [-0.3, -0.25) is 0 Å². The minimum Gasteiger partial charge on any atom is -0.460 e. The first-order chi connectivity index (χ1) is 9.51. The van der Waals surface area contributed by atoms with E-state index in [1.807, 2.05) is 0 Å². The van der Waals surface area contributed by atoms with Gasteiger partial charge in [0.1, 0.15) is 5.82 Å². The normalized spacial score (nSPS) is 10.4. The lowest BCUT2D eigenvalue weighted by Crippen LogP contribution is -2.11. The molecule has 2 rings (SSSR count). The SMILES string of the molecule is CCOC(=O)c1nc(C)cc(-c2cc(Br)ccc2F)n1. The van der Waals surface area contributed by atoms with E-state index in [0.717, 1.165) is 4.47 Å². The third kappa shape index (κ3) is 3.19. The van der Waals surface area contributed by atoms with Crippen molar-refractivity contribution < 1.29 is 13.9 Å². The number of hydrogen-bond acceptors (Lipinski definition) is 4. The summed E-state index contributed by atoms with van der Waals surface area (Å²) in [6.45, 7) is 3.64. The summed E-state index contributed by atoms with van der Waals surface area (Å²) in [5.74, 6) is -1.10. The van der Waals surface area contributed by atoms with Gasteiger partial charge >= 0.3 is 5.97 Å². The van der Waals surface area contributed by atoms with E-state index in [-0.39, 0.29) is 12.4 Å². The number of carbonyl (C=O) groups excluding carboxylic acids is 1. The van der Waals surface area contributed by atoms with Crippen LogP contribution in [0.25, 0.3) is 11.3 Å². The van der Waals surface area contributed by atoms with Gasteiger partial charge in [-0.2, -0.15) is 0 Å². The monoisotopic (exact) mass is 338 g/mol. The van der Waals surface area contributed by atoms with Crippen LogP contribution in [0.3, 0.4) is 0 Å². The first-order valence-electron chi connectivity index (χ1n) is 5.99. The van der Waals surface area contributed by atoms with Gasteiger partial charge in [0.25, 0.3) is 0 Å². The summed E-state index contributed by atoms with van der Waals surface area (Å²) < 4.78 is 19.5. The molecule has 20 heavy (non-hydrogen) atoms. The van der Waals surface area contributed by atoms with Crippen molar-refractivity contribution in [2.75, 3.05) is 6.61 Å². The summed E-state index contributed by atoms with van der Waals surface area (Å²) in [7, 11) is 0. The lowest BCUT2D eigenvalue weighted by molar-refractivity contribution is 0.0511. The van der Waals surface area contributed by atoms with Crippen molar-refractivity contribution in [3.63, 3.8) is 0 Å². The van der Waals surface area contributed by atoms with Crippen LogP contribution in [0.2, 0.25) is 0 Å². The summed E-state index contributed by atoms with van der Waals surface area (Å²) in [6, 6.07) is 6.15. The van der Waals surface area contributed by atoms with Crippen LogP contribution in [0.4, 0.5) is 4.39 Å². The zero-order chi connectivity index (χ0) is 14.7. The molecule has 0 aliphatic heterocycles. The molecule has 4 nitrogen and oxygen atoms in total. The number of halogens is 2. The van der Waals surface area contributed by atoms with Crippen LogP contribution in [0.5, 0.6) is 0 Å². The molecule has 0 bridgehead atoms. The molecule has 0 aliphatic rings. The topological polar surface area (TPSA) is 52.1 Å². The number of hydrogen-bond donors (Lipinski definition) is 0. The van der Waals surface area contributed by atoms with E-state index >= 15 is 0 Å². The standard InChI is InChI=1S/C14H12BrFN2O2/c1-3-20-14(19)13-17-8(2)6-12(18-13)10-7-9(15)4-5-11(10)16/h4-7H,3H2,1-2H3. The first-order valence-corrected chi connectivity index (χ1v) is 6.78. The molecule has 0 saturated carbocycles. The van der Waals surface area contributed by atoms with Crippen molar-refractivity contribution in [1.29, 1.82) is 0 Å². The predicted molar refractivity (Wildman–Crippen MR) is 75.8 cm³/mol. The van der Waals surface area contributed by atoms with Crippen LogP contribution in [0.15, 0.2) is 28.7 Å². The third-order valence-electron chi connectivity index (χ3n) is 2.52. The molecule has 104 valence electrons. The van der Waals surface area contributed by atoms with Crippen molar-refractivity contribution in [3.05, 3.63) is 46.1 Å². The number of aryl methyl sites for hydroxylation is 1. The van der Waals surface area contributed by atoms with E-state index in [1.54, 1.807) is 32.0 Å². The fourth-order valence-corrected chi connectivity index (χ4v) is 2.05. The number of ether oxygens (including phenoxy) is 1. The number of carbonyl (C=O) groups is 1. The maximum Gasteiger partial charge on any atom is 0.376 e. The summed E-state index contributed by atoms with van der Waals surface area (Å²) in [5.41, 5.74) is 1.22. The molecule has 0 radical (unpaired) electrons. The van der Waals surface area contributed by atoms with Crippen LogP contribution >= 0.6 is 15.9 Å². The second kappa shape index (κ2) is 6.09. The molecule has 2 aromatic rings. The van der Waals surface area contributed by atoms with Crippen LogP contribution < -0.4 is 0 Å². The molecule has 0 fully saturated rings. The number of rotatable bonds is 3. The number of nitrogens with zero attached hydrogens (tertiary/aromatic N) is 2. The Balaban J connectivity index is 2.52. The number of esters is 1. The molecule has 6 heteroatoms.